The van der Waals surface area contributed by atoms with Gasteiger partial charge < -0.3 is 14.6 Å². The molecular formula is C20H26ClN5O2S. The SMILES string of the molecule is O=S1CCc2nc(N3CCC(c4ncc(Cl)cn4)CC3)n(CC3(CO)CCC3)c21. The van der Waals surface area contributed by atoms with Gasteiger partial charge in [0.2, 0.25) is 5.95 Å². The van der Waals surface area contributed by atoms with Gasteiger partial charge in [0.1, 0.15) is 10.9 Å². The normalized spacial score (nSPS) is 23.8. The number of aryl methyl sites for hydroxylation is 1. The van der Waals surface area contributed by atoms with E-state index in [1.54, 1.807) is 12.4 Å². The van der Waals surface area contributed by atoms with Gasteiger partial charge >= 0.3 is 0 Å². The molecule has 3 aliphatic rings. The zero-order chi connectivity index (χ0) is 20.0. The Morgan fingerprint density at radius 3 is 2.59 bits per heavy atom. The highest BCUT2D eigenvalue weighted by Gasteiger charge is 2.40. The lowest BCUT2D eigenvalue weighted by Crippen LogP contribution is -2.40. The monoisotopic (exact) mass is 435 g/mol. The van der Waals surface area contributed by atoms with E-state index in [-0.39, 0.29) is 12.0 Å². The molecule has 1 saturated carbocycles. The molecule has 0 radical (unpaired) electrons. The minimum atomic E-state index is -0.987. The summed E-state index contributed by atoms with van der Waals surface area (Å²) in [6.07, 6.45) is 9.22. The van der Waals surface area contributed by atoms with Crippen molar-refractivity contribution in [2.45, 2.75) is 56.0 Å². The van der Waals surface area contributed by atoms with E-state index in [4.69, 9.17) is 16.6 Å². The molecule has 2 aliphatic heterocycles. The number of rotatable bonds is 5. The Balaban J connectivity index is 1.38. The molecule has 2 aromatic rings. The number of aliphatic hydroxyl groups excluding tert-OH is 1. The molecular weight excluding hydrogens is 410 g/mol. The molecule has 1 atom stereocenters. The lowest BCUT2D eigenvalue weighted by molar-refractivity contribution is 0.0258. The lowest BCUT2D eigenvalue weighted by atomic mass is 9.69. The van der Waals surface area contributed by atoms with Gasteiger partial charge in [0.15, 0.2) is 0 Å². The number of aliphatic hydroxyl groups is 1. The first-order valence-electron chi connectivity index (χ1n) is 10.4. The van der Waals surface area contributed by atoms with E-state index in [1.165, 1.54) is 0 Å². The number of hydrogen-bond acceptors (Lipinski definition) is 6. The Morgan fingerprint density at radius 2 is 1.97 bits per heavy atom. The summed E-state index contributed by atoms with van der Waals surface area (Å²) < 4.78 is 14.8. The molecule has 1 N–H and O–H groups in total. The highest BCUT2D eigenvalue weighted by Crippen LogP contribution is 2.44. The van der Waals surface area contributed by atoms with E-state index < -0.39 is 10.8 Å². The van der Waals surface area contributed by atoms with Gasteiger partial charge in [-0.15, -0.1) is 0 Å². The summed E-state index contributed by atoms with van der Waals surface area (Å²) in [4.78, 5) is 16.0. The van der Waals surface area contributed by atoms with Crippen LogP contribution in [0.25, 0.3) is 0 Å². The van der Waals surface area contributed by atoms with Crippen LogP contribution in [0, 0.1) is 5.41 Å². The van der Waals surface area contributed by atoms with Crippen molar-refractivity contribution in [2.75, 3.05) is 30.3 Å². The largest absolute Gasteiger partial charge is 0.396 e. The van der Waals surface area contributed by atoms with Crippen molar-refractivity contribution in [3.05, 3.63) is 28.9 Å². The van der Waals surface area contributed by atoms with Crippen LogP contribution in [0.2, 0.25) is 5.02 Å². The number of halogens is 1. The maximum atomic E-state index is 12.7. The summed E-state index contributed by atoms with van der Waals surface area (Å²) in [6.45, 7) is 2.63. The Hall–Kier alpha value is -1.51. The minimum absolute atomic E-state index is 0.0779. The summed E-state index contributed by atoms with van der Waals surface area (Å²) in [5, 5.41) is 11.4. The molecule has 1 aliphatic carbocycles. The fourth-order valence-electron chi connectivity index (χ4n) is 4.81. The summed E-state index contributed by atoms with van der Waals surface area (Å²) in [7, 11) is -0.987. The Kier molecular flexibility index (Phi) is 5.12. The zero-order valence-corrected chi connectivity index (χ0v) is 18.0. The van der Waals surface area contributed by atoms with Gasteiger partial charge in [-0.2, -0.15) is 0 Å². The number of fused-ring (bicyclic) bond motifs is 1. The van der Waals surface area contributed by atoms with Gasteiger partial charge in [-0.25, -0.2) is 15.0 Å². The van der Waals surface area contributed by atoms with Gasteiger partial charge in [-0.1, -0.05) is 18.0 Å². The van der Waals surface area contributed by atoms with Crippen molar-refractivity contribution in [3.63, 3.8) is 0 Å². The molecule has 1 unspecified atom stereocenters. The first-order chi connectivity index (χ1) is 14.1. The molecule has 2 fully saturated rings. The van der Waals surface area contributed by atoms with Crippen LogP contribution in [0.4, 0.5) is 5.95 Å². The second-order valence-corrected chi connectivity index (χ2v) is 10.5. The number of anilines is 1. The van der Waals surface area contributed by atoms with Gasteiger partial charge in [0.25, 0.3) is 0 Å². The summed E-state index contributed by atoms with van der Waals surface area (Å²) in [5.74, 6) is 2.77. The second kappa shape index (κ2) is 7.63. The van der Waals surface area contributed by atoms with Crippen LogP contribution < -0.4 is 4.90 Å². The molecule has 0 aromatic carbocycles. The average molecular weight is 436 g/mol. The molecule has 156 valence electrons. The van der Waals surface area contributed by atoms with Gasteiger partial charge in [0.05, 0.1) is 28.1 Å². The summed E-state index contributed by atoms with van der Waals surface area (Å²) >= 11 is 5.91. The molecule has 9 heteroatoms. The molecule has 7 nitrogen and oxygen atoms in total. The fraction of sp³-hybridized carbons (Fsp3) is 0.650. The molecule has 1 saturated heterocycles. The van der Waals surface area contributed by atoms with Crippen LogP contribution in [0.1, 0.15) is 49.5 Å². The molecule has 0 spiro atoms. The second-order valence-electron chi connectivity index (χ2n) is 8.58. The third-order valence-corrected chi connectivity index (χ3v) is 8.39. The van der Waals surface area contributed by atoms with Gasteiger partial charge in [-0.3, -0.25) is 4.21 Å². The van der Waals surface area contributed by atoms with Crippen molar-refractivity contribution in [1.29, 1.82) is 0 Å². The number of aromatic nitrogens is 4. The molecule has 4 heterocycles. The maximum Gasteiger partial charge on any atom is 0.206 e. The number of hydrogen-bond donors (Lipinski definition) is 1. The van der Waals surface area contributed by atoms with Crippen molar-refractivity contribution in [3.8, 4) is 0 Å². The number of nitrogens with zero attached hydrogens (tertiary/aromatic N) is 5. The van der Waals surface area contributed by atoms with Crippen molar-refractivity contribution in [1.82, 2.24) is 19.5 Å². The lowest BCUT2D eigenvalue weighted by Gasteiger charge is -2.42. The maximum absolute atomic E-state index is 12.7. The third-order valence-electron chi connectivity index (χ3n) is 6.73. The van der Waals surface area contributed by atoms with Gasteiger partial charge in [0, 0.05) is 55.5 Å². The quantitative estimate of drug-likeness (QED) is 0.776. The van der Waals surface area contributed by atoms with Crippen LogP contribution in [0.5, 0.6) is 0 Å². The molecule has 0 amide bonds. The first-order valence-corrected chi connectivity index (χ1v) is 12.1. The summed E-state index contributed by atoms with van der Waals surface area (Å²) in [5.41, 5.74) is 0.903. The zero-order valence-electron chi connectivity index (χ0n) is 16.4. The van der Waals surface area contributed by atoms with E-state index >= 15 is 0 Å². The molecule has 29 heavy (non-hydrogen) atoms. The van der Waals surface area contributed by atoms with Crippen molar-refractivity contribution < 1.29 is 9.32 Å². The van der Waals surface area contributed by atoms with E-state index in [2.05, 4.69) is 19.4 Å². The average Bonchev–Trinajstić information content (AvgIpc) is 3.25. The predicted octanol–water partition coefficient (Wildman–Crippen LogP) is 2.54. The Bertz CT molecular complexity index is 914. The van der Waals surface area contributed by atoms with Crippen LogP contribution in [-0.2, 0) is 23.8 Å². The smallest absolute Gasteiger partial charge is 0.206 e. The highest BCUT2D eigenvalue weighted by atomic mass is 35.5. The van der Waals surface area contributed by atoms with Gasteiger partial charge in [-0.05, 0) is 25.7 Å². The Morgan fingerprint density at radius 1 is 1.24 bits per heavy atom. The number of piperidine rings is 1. The molecule has 2 aromatic heterocycles. The van der Waals surface area contributed by atoms with Crippen LogP contribution in [0.3, 0.4) is 0 Å². The van der Waals surface area contributed by atoms with E-state index in [1.807, 2.05) is 0 Å². The van der Waals surface area contributed by atoms with Crippen LogP contribution >= 0.6 is 11.6 Å². The van der Waals surface area contributed by atoms with E-state index in [0.29, 0.717) is 23.2 Å². The Labute approximate surface area is 178 Å². The van der Waals surface area contributed by atoms with Crippen molar-refractivity contribution in [2.24, 2.45) is 5.41 Å². The summed E-state index contributed by atoms with van der Waals surface area (Å²) in [6, 6.07) is 0. The minimum Gasteiger partial charge on any atom is -0.396 e. The standard InChI is InChI=1S/C20H26ClN5O2S/c21-15-10-22-17(23-11-15)14-2-7-25(8-3-14)19-24-16-4-9-29(28)18(16)26(19)12-20(13-27)5-1-6-20/h10-11,14,27H,1-9,12-13H2. The molecule has 5 rings (SSSR count). The number of imidazole rings is 1. The van der Waals surface area contributed by atoms with Crippen LogP contribution in [0.15, 0.2) is 17.4 Å². The molecule has 0 bridgehead atoms. The predicted molar refractivity (Wildman–Crippen MR) is 112 cm³/mol. The van der Waals surface area contributed by atoms with Crippen molar-refractivity contribution >= 4 is 28.3 Å². The third kappa shape index (κ3) is 3.49. The van der Waals surface area contributed by atoms with Crippen LogP contribution in [-0.4, -0.2) is 54.3 Å². The van der Waals surface area contributed by atoms with E-state index in [0.717, 1.165) is 74.1 Å². The topological polar surface area (TPSA) is 84.1 Å². The van der Waals surface area contributed by atoms with E-state index in [9.17, 15) is 9.32 Å². The fourth-order valence-corrected chi connectivity index (χ4v) is 6.28. The first kappa shape index (κ1) is 19.5. The highest BCUT2D eigenvalue weighted by molar-refractivity contribution is 7.85.